The number of nitrogens with two attached hydrogens (primary N) is 1. The van der Waals surface area contributed by atoms with Crippen LogP contribution < -0.4 is 5.73 Å². The van der Waals surface area contributed by atoms with Gasteiger partial charge in [-0.2, -0.15) is 5.10 Å². The van der Waals surface area contributed by atoms with Crippen LogP contribution in [0.3, 0.4) is 0 Å². The predicted molar refractivity (Wildman–Crippen MR) is 68.7 cm³/mol. The minimum atomic E-state index is 0.374. The molecule has 1 aromatic carbocycles. The van der Waals surface area contributed by atoms with Crippen molar-refractivity contribution in [2.24, 2.45) is 5.73 Å². The fourth-order valence-electron chi connectivity index (χ4n) is 1.51. The largest absolute Gasteiger partial charge is 0.320 e. The van der Waals surface area contributed by atoms with Crippen molar-refractivity contribution >= 4 is 11.6 Å². The highest BCUT2D eigenvalue weighted by atomic mass is 35.5. The zero-order chi connectivity index (χ0) is 12.1. The second-order valence-corrected chi connectivity index (χ2v) is 4.00. The Morgan fingerprint density at radius 2 is 2.29 bits per heavy atom. The highest BCUT2D eigenvalue weighted by Gasteiger charge is 1.98. The zero-order valence-electron chi connectivity index (χ0n) is 9.23. The van der Waals surface area contributed by atoms with Crippen LogP contribution in [0.25, 0.3) is 0 Å². The van der Waals surface area contributed by atoms with Crippen LogP contribution in [0.4, 0.5) is 0 Å². The van der Waals surface area contributed by atoms with Crippen LogP contribution in [0.15, 0.2) is 36.7 Å². The van der Waals surface area contributed by atoms with Crippen molar-refractivity contribution in [3.8, 4) is 11.8 Å². The molecule has 17 heavy (non-hydrogen) atoms. The van der Waals surface area contributed by atoms with Crippen molar-refractivity contribution in [3.05, 3.63) is 52.8 Å². The first-order valence-corrected chi connectivity index (χ1v) is 5.61. The lowest BCUT2D eigenvalue weighted by Gasteiger charge is -2.02. The Morgan fingerprint density at radius 1 is 1.41 bits per heavy atom. The van der Waals surface area contributed by atoms with E-state index in [9.17, 15) is 0 Å². The van der Waals surface area contributed by atoms with Gasteiger partial charge in [0, 0.05) is 11.8 Å². The SMILES string of the molecule is NCC#Cc1cccc(Cn2cc(Cl)cn2)c1. The molecule has 86 valence electrons. The number of hydrogen-bond acceptors (Lipinski definition) is 2. The van der Waals surface area contributed by atoms with E-state index in [1.54, 1.807) is 17.1 Å². The average Bonchev–Trinajstić information content (AvgIpc) is 2.73. The molecule has 0 amide bonds. The van der Waals surface area contributed by atoms with Gasteiger partial charge >= 0.3 is 0 Å². The second kappa shape index (κ2) is 5.53. The molecule has 2 aromatic rings. The lowest BCUT2D eigenvalue weighted by Crippen LogP contribution is -2.00. The van der Waals surface area contributed by atoms with Gasteiger partial charge in [0.1, 0.15) is 0 Å². The first kappa shape index (κ1) is 11.7. The van der Waals surface area contributed by atoms with Crippen molar-refractivity contribution in [1.82, 2.24) is 9.78 Å². The monoisotopic (exact) mass is 245 g/mol. The second-order valence-electron chi connectivity index (χ2n) is 3.56. The van der Waals surface area contributed by atoms with Gasteiger partial charge in [-0.15, -0.1) is 0 Å². The first-order chi connectivity index (χ1) is 8.28. The Bertz CT molecular complexity index is 563. The molecule has 0 saturated heterocycles. The summed E-state index contributed by atoms with van der Waals surface area (Å²) in [6.45, 7) is 1.06. The molecule has 0 aliphatic rings. The van der Waals surface area contributed by atoms with E-state index in [-0.39, 0.29) is 0 Å². The number of hydrogen-bond donors (Lipinski definition) is 1. The number of rotatable bonds is 2. The maximum atomic E-state index is 5.81. The van der Waals surface area contributed by atoms with Crippen LogP contribution in [-0.4, -0.2) is 16.3 Å². The molecule has 0 radical (unpaired) electrons. The highest BCUT2D eigenvalue weighted by Crippen LogP contribution is 2.09. The molecular weight excluding hydrogens is 234 g/mol. The quantitative estimate of drug-likeness (QED) is 0.822. The third-order valence-electron chi connectivity index (χ3n) is 2.21. The number of benzene rings is 1. The molecule has 2 N–H and O–H groups in total. The van der Waals surface area contributed by atoms with Gasteiger partial charge < -0.3 is 5.73 Å². The minimum Gasteiger partial charge on any atom is -0.320 e. The molecule has 2 rings (SSSR count). The smallest absolute Gasteiger partial charge is 0.0785 e. The Labute approximate surface area is 105 Å². The molecular formula is C13H12ClN3. The minimum absolute atomic E-state index is 0.374. The van der Waals surface area contributed by atoms with Gasteiger partial charge in [-0.1, -0.05) is 35.6 Å². The summed E-state index contributed by atoms with van der Waals surface area (Å²) in [5.74, 6) is 5.84. The third kappa shape index (κ3) is 3.35. The lowest BCUT2D eigenvalue weighted by atomic mass is 10.1. The number of halogens is 1. The topological polar surface area (TPSA) is 43.8 Å². The Morgan fingerprint density at radius 3 is 3.00 bits per heavy atom. The van der Waals surface area contributed by atoms with Crippen molar-refractivity contribution < 1.29 is 0 Å². The van der Waals surface area contributed by atoms with E-state index in [0.29, 0.717) is 18.1 Å². The van der Waals surface area contributed by atoms with E-state index < -0.39 is 0 Å². The van der Waals surface area contributed by atoms with Crippen molar-refractivity contribution in [2.45, 2.75) is 6.54 Å². The van der Waals surface area contributed by atoms with Crippen LogP contribution in [0, 0.1) is 11.8 Å². The molecule has 0 atom stereocenters. The van der Waals surface area contributed by atoms with Gasteiger partial charge in [-0.25, -0.2) is 0 Å². The molecule has 0 unspecified atom stereocenters. The molecule has 0 saturated carbocycles. The molecule has 0 aliphatic heterocycles. The molecule has 0 bridgehead atoms. The summed E-state index contributed by atoms with van der Waals surface area (Å²) >= 11 is 5.81. The van der Waals surface area contributed by atoms with Gasteiger partial charge in [0.05, 0.1) is 24.3 Å². The van der Waals surface area contributed by atoms with E-state index in [1.165, 1.54) is 0 Å². The van der Waals surface area contributed by atoms with Gasteiger partial charge in [-0.3, -0.25) is 4.68 Å². The molecule has 4 heteroatoms. The molecule has 0 spiro atoms. The number of nitrogens with zero attached hydrogens (tertiary/aromatic N) is 2. The fourth-order valence-corrected chi connectivity index (χ4v) is 1.67. The Kier molecular flexibility index (Phi) is 3.81. The van der Waals surface area contributed by atoms with Gasteiger partial charge in [-0.05, 0) is 17.7 Å². The van der Waals surface area contributed by atoms with Crippen molar-refractivity contribution in [3.63, 3.8) is 0 Å². The fraction of sp³-hybridized carbons (Fsp3) is 0.154. The van der Waals surface area contributed by atoms with Crippen molar-refractivity contribution in [2.75, 3.05) is 6.54 Å². The Hall–Kier alpha value is -1.76. The van der Waals surface area contributed by atoms with E-state index >= 15 is 0 Å². The summed E-state index contributed by atoms with van der Waals surface area (Å²) in [6, 6.07) is 7.99. The van der Waals surface area contributed by atoms with E-state index in [4.69, 9.17) is 17.3 Å². The highest BCUT2D eigenvalue weighted by molar-refractivity contribution is 6.30. The van der Waals surface area contributed by atoms with Crippen LogP contribution in [-0.2, 0) is 6.54 Å². The predicted octanol–water partition coefficient (Wildman–Crippen LogP) is 1.90. The van der Waals surface area contributed by atoms with Crippen LogP contribution >= 0.6 is 11.6 Å². The normalized spacial score (nSPS) is 9.76. The lowest BCUT2D eigenvalue weighted by molar-refractivity contribution is 0.687. The number of aromatic nitrogens is 2. The summed E-state index contributed by atoms with van der Waals surface area (Å²) in [5, 5.41) is 4.77. The van der Waals surface area contributed by atoms with Gasteiger partial charge in [0.25, 0.3) is 0 Å². The molecule has 3 nitrogen and oxygen atoms in total. The standard InChI is InChI=1S/C13H12ClN3/c14-13-8-16-17(10-13)9-12-4-1-3-11(7-12)5-2-6-15/h1,3-4,7-8,10H,6,9,15H2. The van der Waals surface area contributed by atoms with Crippen LogP contribution in [0.1, 0.15) is 11.1 Å². The van der Waals surface area contributed by atoms with Gasteiger partial charge in [0.2, 0.25) is 0 Å². The van der Waals surface area contributed by atoms with E-state index in [0.717, 1.165) is 11.1 Å². The maximum absolute atomic E-state index is 5.81. The summed E-state index contributed by atoms with van der Waals surface area (Å²) in [6.07, 6.45) is 3.42. The van der Waals surface area contributed by atoms with E-state index in [2.05, 4.69) is 16.9 Å². The summed E-state index contributed by atoms with van der Waals surface area (Å²) in [5.41, 5.74) is 7.44. The van der Waals surface area contributed by atoms with E-state index in [1.807, 2.05) is 24.3 Å². The Balaban J connectivity index is 2.16. The molecule has 1 heterocycles. The summed E-state index contributed by atoms with van der Waals surface area (Å²) in [4.78, 5) is 0. The van der Waals surface area contributed by atoms with Gasteiger partial charge in [0.15, 0.2) is 0 Å². The zero-order valence-corrected chi connectivity index (χ0v) is 9.98. The summed E-state index contributed by atoms with van der Waals surface area (Å²) < 4.78 is 1.79. The van der Waals surface area contributed by atoms with Crippen LogP contribution in [0.2, 0.25) is 5.02 Å². The summed E-state index contributed by atoms with van der Waals surface area (Å²) in [7, 11) is 0. The molecule has 1 aromatic heterocycles. The molecule has 0 fully saturated rings. The average molecular weight is 246 g/mol. The van der Waals surface area contributed by atoms with Crippen LogP contribution in [0.5, 0.6) is 0 Å². The first-order valence-electron chi connectivity index (χ1n) is 5.24. The third-order valence-corrected chi connectivity index (χ3v) is 2.40. The van der Waals surface area contributed by atoms with Crippen molar-refractivity contribution in [1.29, 1.82) is 0 Å². The maximum Gasteiger partial charge on any atom is 0.0785 e. The molecule has 0 aliphatic carbocycles.